The molecule has 0 saturated carbocycles. The molecule has 1 N–H and O–H groups in total. The molecule has 5 heteroatoms. The van der Waals surface area contributed by atoms with Crippen molar-refractivity contribution in [3.8, 4) is 34.1 Å². The fraction of sp³-hybridized carbons (Fsp3) is 0.130. The summed E-state index contributed by atoms with van der Waals surface area (Å²) in [4.78, 5) is 9.13. The van der Waals surface area contributed by atoms with E-state index >= 15 is 0 Å². The van der Waals surface area contributed by atoms with Crippen LogP contribution in [0.4, 0.5) is 0 Å². The summed E-state index contributed by atoms with van der Waals surface area (Å²) in [5, 5.41) is 12.8. The first-order valence-corrected chi connectivity index (χ1v) is 9.73. The Hall–Kier alpha value is -2.97. The van der Waals surface area contributed by atoms with Crippen molar-refractivity contribution in [1.82, 2.24) is 9.97 Å². The van der Waals surface area contributed by atoms with Crippen LogP contribution in [0.5, 0.6) is 11.6 Å². The first-order chi connectivity index (χ1) is 13.5. The Labute approximate surface area is 166 Å². The van der Waals surface area contributed by atoms with Gasteiger partial charge in [-0.25, -0.2) is 9.97 Å². The predicted molar refractivity (Wildman–Crippen MR) is 117 cm³/mol. The highest BCUT2D eigenvalue weighted by atomic mass is 31.0. The van der Waals surface area contributed by atoms with E-state index in [1.807, 2.05) is 61.5 Å². The maximum atomic E-state index is 10.5. The lowest BCUT2D eigenvalue weighted by Crippen LogP contribution is -1.95. The lowest BCUT2D eigenvalue weighted by Gasteiger charge is -2.10. The topological polar surface area (TPSA) is 55.2 Å². The lowest BCUT2D eigenvalue weighted by atomic mass is 10.0. The highest BCUT2D eigenvalue weighted by Crippen LogP contribution is 2.32. The molecule has 4 nitrogen and oxygen atoms in total. The molecule has 0 spiro atoms. The third kappa shape index (κ3) is 3.56. The van der Waals surface area contributed by atoms with Gasteiger partial charge in [-0.2, -0.15) is 0 Å². The van der Waals surface area contributed by atoms with Crippen molar-refractivity contribution in [1.29, 1.82) is 0 Å². The second-order valence-electron chi connectivity index (χ2n) is 6.63. The number of hydrogen-bond acceptors (Lipinski definition) is 4. The summed E-state index contributed by atoms with van der Waals surface area (Å²) in [6, 6.07) is 19.5. The number of benzene rings is 2. The van der Waals surface area contributed by atoms with E-state index in [4.69, 9.17) is 9.72 Å². The number of hydrogen-bond donors (Lipinski definition) is 1. The van der Waals surface area contributed by atoms with Gasteiger partial charge in [0.15, 0.2) is 0 Å². The van der Waals surface area contributed by atoms with Gasteiger partial charge < -0.3 is 9.84 Å². The summed E-state index contributed by atoms with van der Waals surface area (Å²) in [6.07, 6.45) is 0. The van der Waals surface area contributed by atoms with E-state index in [0.29, 0.717) is 17.9 Å². The second kappa shape index (κ2) is 7.57. The Morgan fingerprint density at radius 1 is 0.929 bits per heavy atom. The minimum absolute atomic E-state index is 0.0125. The molecule has 0 bridgehead atoms. The largest absolute Gasteiger partial charge is 0.494 e. The number of aryl methyl sites for hydroxylation is 1. The van der Waals surface area contributed by atoms with E-state index in [2.05, 4.69) is 27.2 Å². The lowest BCUT2D eigenvalue weighted by molar-refractivity contribution is 0.340. The van der Waals surface area contributed by atoms with Gasteiger partial charge in [0.05, 0.1) is 23.5 Å². The Balaban J connectivity index is 1.71. The molecule has 0 aliphatic rings. The zero-order valence-electron chi connectivity index (χ0n) is 15.8. The number of fused-ring (bicyclic) bond motifs is 1. The quantitative estimate of drug-likeness (QED) is 0.507. The first-order valence-electron chi connectivity index (χ1n) is 9.15. The van der Waals surface area contributed by atoms with Crippen LogP contribution in [0.25, 0.3) is 33.4 Å². The predicted octanol–water partition coefficient (Wildman–Crippen LogP) is 4.88. The molecule has 0 aliphatic heterocycles. The molecule has 0 aliphatic carbocycles. The molecular formula is C23H21N2O2P. The zero-order chi connectivity index (χ0) is 19.7. The van der Waals surface area contributed by atoms with Crippen LogP contribution in [-0.4, -0.2) is 21.7 Å². The molecule has 28 heavy (non-hydrogen) atoms. The summed E-state index contributed by atoms with van der Waals surface area (Å²) >= 11 is 0. The molecule has 0 saturated heterocycles. The molecule has 0 fully saturated rings. The number of aromatic hydroxyl groups is 1. The normalized spacial score (nSPS) is 11.0. The molecule has 1 unspecified atom stereocenters. The highest BCUT2D eigenvalue weighted by molar-refractivity contribution is 7.27. The molecule has 0 amide bonds. The number of aromatic nitrogens is 2. The van der Waals surface area contributed by atoms with Gasteiger partial charge in [-0.05, 0) is 72.7 Å². The standard InChI is InChI=1S/C23H21N2O2P/c1-3-27-16-6-4-15(5-7-16)18-9-11-21(25-23(18)26)22-12-14(2)19-13-17(28)8-10-20(19)24-22/h4-13H,3,28H2,1-2H3,(H,25,26). The van der Waals surface area contributed by atoms with E-state index in [1.165, 1.54) is 0 Å². The van der Waals surface area contributed by atoms with Gasteiger partial charge >= 0.3 is 0 Å². The van der Waals surface area contributed by atoms with Crippen LogP contribution in [0.1, 0.15) is 12.5 Å². The minimum Gasteiger partial charge on any atom is -0.494 e. The highest BCUT2D eigenvalue weighted by Gasteiger charge is 2.11. The Morgan fingerprint density at radius 2 is 1.71 bits per heavy atom. The van der Waals surface area contributed by atoms with Crippen molar-refractivity contribution < 1.29 is 9.84 Å². The molecule has 140 valence electrons. The SMILES string of the molecule is CCOc1ccc(-c2ccc(-c3cc(C)c4cc(P)ccc4n3)nc2O)cc1. The molecular weight excluding hydrogens is 367 g/mol. The van der Waals surface area contributed by atoms with Gasteiger partial charge in [-0.3, -0.25) is 0 Å². The summed E-state index contributed by atoms with van der Waals surface area (Å²) in [6.45, 7) is 4.63. The Kier molecular flexibility index (Phi) is 4.97. The van der Waals surface area contributed by atoms with E-state index in [9.17, 15) is 5.11 Å². The van der Waals surface area contributed by atoms with E-state index in [1.54, 1.807) is 0 Å². The van der Waals surface area contributed by atoms with Gasteiger partial charge in [0.1, 0.15) is 5.75 Å². The van der Waals surface area contributed by atoms with Crippen LogP contribution in [0, 0.1) is 6.92 Å². The second-order valence-corrected chi connectivity index (χ2v) is 7.29. The molecule has 2 aromatic heterocycles. The molecule has 0 radical (unpaired) electrons. The van der Waals surface area contributed by atoms with Crippen LogP contribution in [-0.2, 0) is 0 Å². The fourth-order valence-electron chi connectivity index (χ4n) is 3.26. The van der Waals surface area contributed by atoms with Gasteiger partial charge in [0, 0.05) is 10.9 Å². The number of pyridine rings is 2. The molecule has 2 aromatic carbocycles. The third-order valence-electron chi connectivity index (χ3n) is 4.65. The maximum Gasteiger partial charge on any atom is 0.219 e. The number of rotatable bonds is 4. The van der Waals surface area contributed by atoms with Crippen molar-refractivity contribution in [2.24, 2.45) is 0 Å². The van der Waals surface area contributed by atoms with Crippen molar-refractivity contribution >= 4 is 25.4 Å². The molecule has 4 rings (SSSR count). The average molecular weight is 388 g/mol. The number of nitrogens with zero attached hydrogens (tertiary/aromatic N) is 2. The van der Waals surface area contributed by atoms with Crippen LogP contribution in [0.3, 0.4) is 0 Å². The van der Waals surface area contributed by atoms with Crippen LogP contribution < -0.4 is 10.0 Å². The van der Waals surface area contributed by atoms with Crippen molar-refractivity contribution in [2.45, 2.75) is 13.8 Å². The smallest absolute Gasteiger partial charge is 0.219 e. The summed E-state index contributed by atoms with van der Waals surface area (Å²) in [5.41, 5.74) is 4.99. The van der Waals surface area contributed by atoms with E-state index in [0.717, 1.165) is 38.8 Å². The molecule has 4 aromatic rings. The maximum absolute atomic E-state index is 10.5. The van der Waals surface area contributed by atoms with E-state index < -0.39 is 0 Å². The Morgan fingerprint density at radius 3 is 2.43 bits per heavy atom. The first kappa shape index (κ1) is 18.4. The summed E-state index contributed by atoms with van der Waals surface area (Å²) in [7, 11) is 2.71. The van der Waals surface area contributed by atoms with Gasteiger partial charge in [-0.15, -0.1) is 9.24 Å². The van der Waals surface area contributed by atoms with Gasteiger partial charge in [-0.1, -0.05) is 18.2 Å². The fourth-order valence-corrected chi connectivity index (χ4v) is 3.52. The summed E-state index contributed by atoms with van der Waals surface area (Å²) in [5.74, 6) is 0.793. The van der Waals surface area contributed by atoms with Crippen LogP contribution in [0.2, 0.25) is 0 Å². The van der Waals surface area contributed by atoms with Crippen molar-refractivity contribution in [2.75, 3.05) is 6.61 Å². The van der Waals surface area contributed by atoms with Gasteiger partial charge in [0.25, 0.3) is 0 Å². The third-order valence-corrected chi connectivity index (χ3v) is 5.01. The van der Waals surface area contributed by atoms with Gasteiger partial charge in [0.2, 0.25) is 5.88 Å². The van der Waals surface area contributed by atoms with Crippen LogP contribution >= 0.6 is 9.24 Å². The monoisotopic (exact) mass is 388 g/mol. The average Bonchev–Trinajstić information content (AvgIpc) is 2.69. The minimum atomic E-state index is -0.0125. The summed E-state index contributed by atoms with van der Waals surface area (Å²) < 4.78 is 5.47. The molecule has 1 atom stereocenters. The molecule has 2 heterocycles. The van der Waals surface area contributed by atoms with E-state index in [-0.39, 0.29) is 5.88 Å². The van der Waals surface area contributed by atoms with Crippen molar-refractivity contribution in [3.05, 3.63) is 66.2 Å². The zero-order valence-corrected chi connectivity index (χ0v) is 17.0. The van der Waals surface area contributed by atoms with Crippen molar-refractivity contribution in [3.63, 3.8) is 0 Å². The Bertz CT molecular complexity index is 1160. The van der Waals surface area contributed by atoms with Crippen LogP contribution in [0.15, 0.2) is 60.7 Å². The number of ether oxygens (including phenoxy) is 1.